The SMILES string of the molecule is COc1cc(/C=c2\sc3n(c2=O)CN(c2ccc(Cl)cc2)CN=3)cc(OC)c1OC. The van der Waals surface area contributed by atoms with E-state index in [1.54, 1.807) is 38.0 Å². The predicted molar refractivity (Wildman–Crippen MR) is 118 cm³/mol. The van der Waals surface area contributed by atoms with Crippen LogP contribution in [0.25, 0.3) is 6.08 Å². The number of benzene rings is 2. The molecule has 1 aliphatic rings. The normalized spacial score (nSPS) is 13.6. The van der Waals surface area contributed by atoms with Crippen molar-refractivity contribution in [1.82, 2.24) is 4.57 Å². The molecule has 0 spiro atoms. The zero-order valence-corrected chi connectivity index (χ0v) is 18.3. The lowest BCUT2D eigenvalue weighted by atomic mass is 10.1. The highest BCUT2D eigenvalue weighted by Gasteiger charge is 2.17. The van der Waals surface area contributed by atoms with E-state index in [2.05, 4.69) is 4.99 Å². The first kappa shape index (κ1) is 20.3. The maximum atomic E-state index is 13.0. The highest BCUT2D eigenvalue weighted by molar-refractivity contribution is 7.07. The van der Waals surface area contributed by atoms with Gasteiger partial charge in [0.15, 0.2) is 16.3 Å². The maximum absolute atomic E-state index is 13.0. The van der Waals surface area contributed by atoms with Gasteiger partial charge in [0.2, 0.25) is 5.75 Å². The van der Waals surface area contributed by atoms with Gasteiger partial charge in [0, 0.05) is 10.7 Å². The largest absolute Gasteiger partial charge is 0.493 e. The van der Waals surface area contributed by atoms with Crippen molar-refractivity contribution < 1.29 is 14.2 Å². The fourth-order valence-electron chi connectivity index (χ4n) is 3.26. The molecule has 156 valence electrons. The van der Waals surface area contributed by atoms with Crippen molar-refractivity contribution in [3.05, 3.63) is 66.7 Å². The first-order chi connectivity index (χ1) is 14.5. The minimum atomic E-state index is -0.0915. The van der Waals surface area contributed by atoms with Crippen molar-refractivity contribution in [2.24, 2.45) is 4.99 Å². The molecule has 0 bridgehead atoms. The molecule has 2 heterocycles. The highest BCUT2D eigenvalue weighted by atomic mass is 35.5. The zero-order chi connectivity index (χ0) is 21.3. The Bertz CT molecular complexity index is 1230. The van der Waals surface area contributed by atoms with Crippen LogP contribution in [0.4, 0.5) is 5.69 Å². The van der Waals surface area contributed by atoms with E-state index in [0.717, 1.165) is 11.3 Å². The van der Waals surface area contributed by atoms with Gasteiger partial charge in [-0.3, -0.25) is 9.36 Å². The number of ether oxygens (including phenoxy) is 3. The summed E-state index contributed by atoms with van der Waals surface area (Å²) in [6.45, 7) is 0.907. The molecule has 4 rings (SSSR count). The molecule has 1 aliphatic heterocycles. The van der Waals surface area contributed by atoms with E-state index < -0.39 is 0 Å². The summed E-state index contributed by atoms with van der Waals surface area (Å²) in [5.41, 5.74) is 1.64. The second-order valence-corrected chi connectivity index (χ2v) is 7.99. The van der Waals surface area contributed by atoms with Crippen molar-refractivity contribution in [3.8, 4) is 17.2 Å². The summed E-state index contributed by atoms with van der Waals surface area (Å²) >= 11 is 7.34. The summed E-state index contributed by atoms with van der Waals surface area (Å²) in [5, 5.41) is 0.670. The fraction of sp³-hybridized carbons (Fsp3) is 0.238. The van der Waals surface area contributed by atoms with E-state index in [4.69, 9.17) is 25.8 Å². The molecule has 0 unspecified atom stereocenters. The van der Waals surface area contributed by atoms with Crippen LogP contribution in [0.5, 0.6) is 17.2 Å². The smallest absolute Gasteiger partial charge is 0.271 e. The minimum Gasteiger partial charge on any atom is -0.493 e. The van der Waals surface area contributed by atoms with Crippen molar-refractivity contribution >= 4 is 34.7 Å². The van der Waals surface area contributed by atoms with E-state index in [-0.39, 0.29) is 5.56 Å². The Morgan fingerprint density at radius 1 is 1.07 bits per heavy atom. The molecule has 3 aromatic rings. The number of nitrogens with zero attached hydrogens (tertiary/aromatic N) is 3. The van der Waals surface area contributed by atoms with Crippen molar-refractivity contribution in [3.63, 3.8) is 0 Å². The third kappa shape index (κ3) is 3.76. The topological polar surface area (TPSA) is 65.3 Å². The summed E-state index contributed by atoms with van der Waals surface area (Å²) in [5.74, 6) is 1.57. The third-order valence-corrected chi connectivity index (χ3v) is 6.05. The Hall–Kier alpha value is -2.97. The molecule has 1 aromatic heterocycles. The van der Waals surface area contributed by atoms with E-state index >= 15 is 0 Å². The number of methoxy groups -OCH3 is 3. The van der Waals surface area contributed by atoms with E-state index in [1.807, 2.05) is 35.2 Å². The van der Waals surface area contributed by atoms with Crippen molar-refractivity contribution in [1.29, 1.82) is 0 Å². The predicted octanol–water partition coefficient (Wildman–Crippen LogP) is 2.47. The third-order valence-electron chi connectivity index (χ3n) is 4.75. The molecule has 0 N–H and O–H groups in total. The van der Waals surface area contributed by atoms with Crippen LogP contribution in [0.3, 0.4) is 0 Å². The van der Waals surface area contributed by atoms with Gasteiger partial charge < -0.3 is 19.1 Å². The summed E-state index contributed by atoms with van der Waals surface area (Å²) in [7, 11) is 4.67. The summed E-state index contributed by atoms with van der Waals surface area (Å²) < 4.78 is 18.4. The number of anilines is 1. The van der Waals surface area contributed by atoms with Crippen LogP contribution in [-0.2, 0) is 6.67 Å². The van der Waals surface area contributed by atoms with E-state index in [9.17, 15) is 4.79 Å². The molecular weight excluding hydrogens is 426 g/mol. The maximum Gasteiger partial charge on any atom is 0.271 e. The van der Waals surface area contributed by atoms with Crippen LogP contribution in [-0.4, -0.2) is 32.6 Å². The lowest BCUT2D eigenvalue weighted by molar-refractivity contribution is 0.324. The molecule has 2 aromatic carbocycles. The average molecular weight is 446 g/mol. The van der Waals surface area contributed by atoms with Gasteiger partial charge in [-0.1, -0.05) is 22.9 Å². The number of hydrogen-bond donors (Lipinski definition) is 0. The standard InChI is InChI=1S/C21H20ClN3O4S/c1-27-16-8-13(9-17(28-2)19(16)29-3)10-18-20(26)25-12-24(11-23-21(25)30-18)15-6-4-14(22)5-7-15/h4-10H,11-12H2,1-3H3/b18-10-. The van der Waals surface area contributed by atoms with Crippen LogP contribution >= 0.6 is 22.9 Å². The molecule has 30 heavy (non-hydrogen) atoms. The second-order valence-electron chi connectivity index (χ2n) is 6.54. The number of rotatable bonds is 5. The Morgan fingerprint density at radius 2 is 1.73 bits per heavy atom. The van der Waals surface area contributed by atoms with Gasteiger partial charge in [-0.25, -0.2) is 4.99 Å². The van der Waals surface area contributed by atoms with Crippen LogP contribution in [0, 0.1) is 0 Å². The molecule has 0 aliphatic carbocycles. The molecule has 7 nitrogen and oxygen atoms in total. The zero-order valence-electron chi connectivity index (χ0n) is 16.7. The van der Waals surface area contributed by atoms with E-state index in [0.29, 0.717) is 44.9 Å². The molecular formula is C21H20ClN3O4S. The first-order valence-electron chi connectivity index (χ1n) is 9.10. The lowest BCUT2D eigenvalue weighted by Gasteiger charge is -2.25. The number of aromatic nitrogens is 1. The fourth-order valence-corrected chi connectivity index (χ4v) is 4.35. The van der Waals surface area contributed by atoms with Crippen molar-refractivity contribution in [2.45, 2.75) is 6.67 Å². The Kier molecular flexibility index (Phi) is 5.69. The van der Waals surface area contributed by atoms with Crippen molar-refractivity contribution in [2.75, 3.05) is 32.9 Å². The molecule has 0 radical (unpaired) electrons. The molecule has 0 amide bonds. The van der Waals surface area contributed by atoms with Gasteiger partial charge in [-0.2, -0.15) is 0 Å². The number of halogens is 1. The monoisotopic (exact) mass is 445 g/mol. The van der Waals surface area contributed by atoms with Crippen LogP contribution in [0.15, 0.2) is 46.2 Å². The van der Waals surface area contributed by atoms with Crippen LogP contribution in [0.1, 0.15) is 5.56 Å². The molecule has 0 atom stereocenters. The number of hydrogen-bond acceptors (Lipinski definition) is 7. The average Bonchev–Trinajstić information content (AvgIpc) is 3.08. The highest BCUT2D eigenvalue weighted by Crippen LogP contribution is 2.38. The van der Waals surface area contributed by atoms with E-state index in [1.165, 1.54) is 11.3 Å². The van der Waals surface area contributed by atoms with Crippen LogP contribution < -0.4 is 34.0 Å². The second kappa shape index (κ2) is 8.41. The number of thiazole rings is 1. The van der Waals surface area contributed by atoms with Gasteiger partial charge in [-0.05, 0) is 48.0 Å². The Balaban J connectivity index is 1.73. The molecule has 0 fully saturated rings. The molecule has 0 saturated carbocycles. The van der Waals surface area contributed by atoms with Crippen LogP contribution in [0.2, 0.25) is 5.02 Å². The number of fused-ring (bicyclic) bond motifs is 1. The molecule has 9 heteroatoms. The van der Waals surface area contributed by atoms with Gasteiger partial charge in [0.05, 0.1) is 25.9 Å². The Labute approximate surface area is 182 Å². The minimum absolute atomic E-state index is 0.0915. The lowest BCUT2D eigenvalue weighted by Crippen LogP contribution is -2.42. The van der Waals surface area contributed by atoms with Gasteiger partial charge in [-0.15, -0.1) is 0 Å². The summed E-state index contributed by atoms with van der Waals surface area (Å²) in [4.78, 5) is 20.3. The van der Waals surface area contributed by atoms with Gasteiger partial charge >= 0.3 is 0 Å². The molecule has 0 saturated heterocycles. The summed E-state index contributed by atoms with van der Waals surface area (Å²) in [6, 6.07) is 11.1. The first-order valence-corrected chi connectivity index (χ1v) is 10.3. The summed E-state index contributed by atoms with van der Waals surface area (Å²) in [6.07, 6.45) is 1.81. The Morgan fingerprint density at radius 3 is 2.33 bits per heavy atom. The quantitative estimate of drug-likeness (QED) is 0.603. The van der Waals surface area contributed by atoms with Gasteiger partial charge in [0.25, 0.3) is 5.56 Å². The van der Waals surface area contributed by atoms with Gasteiger partial charge in [0.1, 0.15) is 13.3 Å².